The fourth-order valence-electron chi connectivity index (χ4n) is 2.20. The molecule has 3 aromatic rings. The standard InChI is InChI=1S/C19H18N2O3S/c1-16-10-12-17(13-11-16)15-24-21-14-6-5-9-19(21)20-25(22,23)18-7-3-2-4-8-18/h2-14H,15H2,1H3/b20-19+. The zero-order chi connectivity index (χ0) is 17.7. The highest BCUT2D eigenvalue weighted by molar-refractivity contribution is 7.90. The Morgan fingerprint density at radius 1 is 0.920 bits per heavy atom. The molecule has 0 amide bonds. The Morgan fingerprint density at radius 2 is 1.60 bits per heavy atom. The molecule has 6 heteroatoms. The first kappa shape index (κ1) is 17.0. The zero-order valence-electron chi connectivity index (χ0n) is 13.7. The summed E-state index contributed by atoms with van der Waals surface area (Å²) in [5.74, 6) is 0. The number of aromatic nitrogens is 1. The van der Waals surface area contributed by atoms with Gasteiger partial charge in [-0.15, -0.1) is 4.40 Å². The predicted octanol–water partition coefficient (Wildman–Crippen LogP) is 2.71. The number of hydrogen-bond acceptors (Lipinski definition) is 3. The molecule has 0 saturated heterocycles. The first-order valence-corrected chi connectivity index (χ1v) is 9.21. The monoisotopic (exact) mass is 354 g/mol. The SMILES string of the molecule is Cc1ccc(COn2cccc/c2=N\S(=O)(=O)c2ccccc2)cc1. The van der Waals surface area contributed by atoms with E-state index in [0.717, 1.165) is 5.56 Å². The van der Waals surface area contributed by atoms with Crippen molar-refractivity contribution in [3.05, 3.63) is 95.6 Å². The average Bonchev–Trinajstić information content (AvgIpc) is 2.63. The number of aryl methyl sites for hydroxylation is 1. The summed E-state index contributed by atoms with van der Waals surface area (Å²) in [6, 6.07) is 21.1. The molecule has 5 nitrogen and oxygen atoms in total. The van der Waals surface area contributed by atoms with E-state index in [1.54, 1.807) is 42.6 Å². The molecule has 128 valence electrons. The fourth-order valence-corrected chi connectivity index (χ4v) is 3.19. The molecule has 0 unspecified atom stereocenters. The van der Waals surface area contributed by atoms with Gasteiger partial charge in [0.1, 0.15) is 6.61 Å². The summed E-state index contributed by atoms with van der Waals surface area (Å²) in [4.78, 5) is 5.85. The topological polar surface area (TPSA) is 60.7 Å². The number of nitrogens with zero attached hydrogens (tertiary/aromatic N) is 2. The van der Waals surface area contributed by atoms with Gasteiger partial charge in [-0.3, -0.25) is 0 Å². The maximum Gasteiger partial charge on any atom is 0.284 e. The van der Waals surface area contributed by atoms with Gasteiger partial charge in [-0.2, -0.15) is 13.1 Å². The van der Waals surface area contributed by atoms with E-state index in [0.29, 0.717) is 6.61 Å². The third-order valence-corrected chi connectivity index (χ3v) is 4.84. The minimum absolute atomic E-state index is 0.143. The van der Waals surface area contributed by atoms with E-state index in [-0.39, 0.29) is 10.4 Å². The lowest BCUT2D eigenvalue weighted by atomic mass is 10.2. The number of sulfonamides is 1. The van der Waals surface area contributed by atoms with Crippen molar-refractivity contribution in [3.8, 4) is 0 Å². The van der Waals surface area contributed by atoms with Crippen LogP contribution < -0.4 is 10.3 Å². The average molecular weight is 354 g/mol. The first-order valence-electron chi connectivity index (χ1n) is 7.77. The van der Waals surface area contributed by atoms with Crippen molar-refractivity contribution in [1.82, 2.24) is 4.73 Å². The van der Waals surface area contributed by atoms with Crippen LogP contribution in [0, 0.1) is 6.92 Å². The highest BCUT2D eigenvalue weighted by Crippen LogP contribution is 2.10. The maximum absolute atomic E-state index is 12.4. The number of pyridine rings is 1. The minimum atomic E-state index is -3.80. The summed E-state index contributed by atoms with van der Waals surface area (Å²) in [6.45, 7) is 2.32. The van der Waals surface area contributed by atoms with Crippen molar-refractivity contribution < 1.29 is 13.3 Å². The van der Waals surface area contributed by atoms with Crippen LogP contribution in [0.15, 0.2) is 88.3 Å². The van der Waals surface area contributed by atoms with E-state index in [2.05, 4.69) is 4.40 Å². The van der Waals surface area contributed by atoms with Gasteiger partial charge in [0.05, 0.1) is 4.90 Å². The summed E-state index contributed by atoms with van der Waals surface area (Å²) < 4.78 is 30.1. The lowest BCUT2D eigenvalue weighted by Gasteiger charge is -2.10. The molecule has 0 spiro atoms. The molecule has 0 bridgehead atoms. The zero-order valence-corrected chi connectivity index (χ0v) is 14.6. The summed E-state index contributed by atoms with van der Waals surface area (Å²) in [7, 11) is -3.80. The molecular formula is C19H18N2O3S. The lowest BCUT2D eigenvalue weighted by Crippen LogP contribution is -2.27. The van der Waals surface area contributed by atoms with Crippen molar-refractivity contribution in [2.24, 2.45) is 4.40 Å². The van der Waals surface area contributed by atoms with Crippen LogP contribution >= 0.6 is 0 Å². The summed E-state index contributed by atoms with van der Waals surface area (Å²) in [6.07, 6.45) is 1.63. The van der Waals surface area contributed by atoms with Crippen LogP contribution in [0.4, 0.5) is 0 Å². The van der Waals surface area contributed by atoms with Crippen LogP contribution in [-0.2, 0) is 16.6 Å². The van der Waals surface area contributed by atoms with E-state index < -0.39 is 10.0 Å². The minimum Gasteiger partial charge on any atom is -0.408 e. The molecular weight excluding hydrogens is 336 g/mol. The summed E-state index contributed by atoms with van der Waals surface area (Å²) in [5.41, 5.74) is 2.36. The van der Waals surface area contributed by atoms with E-state index in [9.17, 15) is 8.42 Å². The van der Waals surface area contributed by atoms with E-state index in [1.807, 2.05) is 31.2 Å². The fraction of sp³-hybridized carbons (Fsp3) is 0.105. The van der Waals surface area contributed by atoms with Gasteiger partial charge in [0, 0.05) is 6.20 Å². The highest BCUT2D eigenvalue weighted by Gasteiger charge is 2.11. The molecule has 1 aromatic heterocycles. The molecule has 2 aromatic carbocycles. The van der Waals surface area contributed by atoms with E-state index in [4.69, 9.17) is 4.84 Å². The third kappa shape index (κ3) is 4.36. The van der Waals surface area contributed by atoms with Gasteiger partial charge in [0.25, 0.3) is 10.0 Å². The number of benzene rings is 2. The molecule has 0 fully saturated rings. The Balaban J connectivity index is 1.89. The Hall–Kier alpha value is -2.86. The van der Waals surface area contributed by atoms with E-state index >= 15 is 0 Å². The maximum atomic E-state index is 12.4. The van der Waals surface area contributed by atoms with Gasteiger partial charge in [-0.05, 0) is 36.8 Å². The molecule has 25 heavy (non-hydrogen) atoms. The summed E-state index contributed by atoms with van der Waals surface area (Å²) in [5, 5.41) is 0. The molecule has 1 heterocycles. The second-order valence-corrected chi connectivity index (χ2v) is 7.13. The van der Waals surface area contributed by atoms with Crippen molar-refractivity contribution in [1.29, 1.82) is 0 Å². The van der Waals surface area contributed by atoms with Crippen LogP contribution in [0.5, 0.6) is 0 Å². The Kier molecular flexibility index (Phi) is 5.00. The van der Waals surface area contributed by atoms with Gasteiger partial charge < -0.3 is 4.84 Å². The normalized spacial score (nSPS) is 12.1. The highest BCUT2D eigenvalue weighted by atomic mass is 32.2. The van der Waals surface area contributed by atoms with E-state index in [1.165, 1.54) is 22.4 Å². The Morgan fingerprint density at radius 3 is 2.32 bits per heavy atom. The van der Waals surface area contributed by atoms with Crippen molar-refractivity contribution in [2.45, 2.75) is 18.4 Å². The molecule has 0 radical (unpaired) electrons. The van der Waals surface area contributed by atoms with Crippen molar-refractivity contribution in [3.63, 3.8) is 0 Å². The van der Waals surface area contributed by atoms with Crippen molar-refractivity contribution in [2.75, 3.05) is 0 Å². The first-order chi connectivity index (χ1) is 12.0. The van der Waals surface area contributed by atoms with Crippen LogP contribution in [0.2, 0.25) is 0 Å². The molecule has 0 aliphatic heterocycles. The van der Waals surface area contributed by atoms with Crippen LogP contribution in [0.1, 0.15) is 11.1 Å². The van der Waals surface area contributed by atoms with Gasteiger partial charge in [-0.25, -0.2) is 0 Å². The molecule has 3 rings (SSSR count). The second kappa shape index (κ2) is 7.36. The van der Waals surface area contributed by atoms with Gasteiger partial charge in [0.15, 0.2) is 5.49 Å². The van der Waals surface area contributed by atoms with Crippen LogP contribution in [-0.4, -0.2) is 13.1 Å². The molecule has 0 atom stereocenters. The molecule has 0 aliphatic carbocycles. The van der Waals surface area contributed by atoms with Gasteiger partial charge >= 0.3 is 0 Å². The molecule has 0 aliphatic rings. The number of rotatable bonds is 5. The Labute approximate surface area is 146 Å². The van der Waals surface area contributed by atoms with Gasteiger partial charge in [-0.1, -0.05) is 54.1 Å². The van der Waals surface area contributed by atoms with Crippen molar-refractivity contribution >= 4 is 10.0 Å². The summed E-state index contributed by atoms with van der Waals surface area (Å²) >= 11 is 0. The lowest BCUT2D eigenvalue weighted by molar-refractivity contribution is 0.0877. The van der Waals surface area contributed by atoms with Crippen LogP contribution in [0.25, 0.3) is 0 Å². The quantitative estimate of drug-likeness (QED) is 0.708. The second-order valence-electron chi connectivity index (χ2n) is 5.52. The largest absolute Gasteiger partial charge is 0.408 e. The molecule has 0 N–H and O–H groups in total. The van der Waals surface area contributed by atoms with Crippen LogP contribution in [0.3, 0.4) is 0 Å². The Bertz CT molecular complexity index is 1010. The predicted molar refractivity (Wildman–Crippen MR) is 95.1 cm³/mol. The number of hydrogen-bond donors (Lipinski definition) is 0. The van der Waals surface area contributed by atoms with Gasteiger partial charge in [0.2, 0.25) is 0 Å². The smallest absolute Gasteiger partial charge is 0.284 e. The molecule has 0 saturated carbocycles. The third-order valence-electron chi connectivity index (χ3n) is 3.55.